The normalized spacial score (nSPS) is 9.94. The number of nitrogens with two attached hydrogens (primary N) is 2. The Morgan fingerprint density at radius 3 is 2.44 bits per heavy atom. The van der Waals surface area contributed by atoms with E-state index < -0.39 is 0 Å². The Morgan fingerprint density at radius 1 is 1.22 bits per heavy atom. The molecule has 0 aliphatic carbocycles. The predicted molar refractivity (Wildman–Crippen MR) is 81.3 cm³/mol. The van der Waals surface area contributed by atoms with Gasteiger partial charge in [0.2, 0.25) is 0 Å². The highest BCUT2D eigenvalue weighted by atomic mass is 15.4. The van der Waals surface area contributed by atoms with E-state index in [1.165, 1.54) is 6.42 Å². The van der Waals surface area contributed by atoms with Gasteiger partial charge in [-0.15, -0.1) is 11.8 Å². The molecule has 18 heavy (non-hydrogen) atoms. The third-order valence-electron chi connectivity index (χ3n) is 2.27. The summed E-state index contributed by atoms with van der Waals surface area (Å²) in [7, 11) is 0. The van der Waals surface area contributed by atoms with Crippen LogP contribution in [0.25, 0.3) is 0 Å². The fourth-order valence-corrected chi connectivity index (χ4v) is 1.44. The lowest BCUT2D eigenvalue weighted by atomic mass is 10.2. The van der Waals surface area contributed by atoms with E-state index in [1.807, 2.05) is 27.0 Å². The molecule has 3 nitrogen and oxygen atoms in total. The molecule has 0 unspecified atom stereocenters. The van der Waals surface area contributed by atoms with Crippen molar-refractivity contribution in [3.63, 3.8) is 0 Å². The second kappa shape index (κ2) is 15.9. The van der Waals surface area contributed by atoms with Crippen LogP contribution in [0.3, 0.4) is 0 Å². The number of rotatable bonds is 8. The Balaban J connectivity index is 0. The topological polar surface area (TPSA) is 55.3 Å². The smallest absolute Gasteiger partial charge is 0.0342 e. The highest BCUT2D eigenvalue weighted by Gasteiger charge is 1.95. The van der Waals surface area contributed by atoms with Crippen molar-refractivity contribution in [1.29, 1.82) is 0 Å². The van der Waals surface area contributed by atoms with E-state index in [0.717, 1.165) is 44.3 Å². The van der Waals surface area contributed by atoms with Crippen molar-refractivity contribution in [3.8, 4) is 11.8 Å². The number of hydrazine groups is 1. The first-order valence-electron chi connectivity index (χ1n) is 7.07. The zero-order valence-electron chi connectivity index (χ0n) is 12.6. The zero-order chi connectivity index (χ0) is 14.2. The van der Waals surface area contributed by atoms with Crippen molar-refractivity contribution in [2.75, 3.05) is 6.54 Å². The molecule has 0 saturated heterocycles. The number of unbranched alkanes of at least 4 members (excludes halogenated alkanes) is 3. The molecule has 0 aliphatic rings. The van der Waals surface area contributed by atoms with Gasteiger partial charge in [0.15, 0.2) is 0 Å². The molecule has 0 rings (SSSR count). The van der Waals surface area contributed by atoms with Crippen LogP contribution in [0.5, 0.6) is 0 Å². The molecule has 0 heterocycles. The van der Waals surface area contributed by atoms with Gasteiger partial charge in [0.25, 0.3) is 0 Å². The molecule has 0 aromatic heterocycles. The van der Waals surface area contributed by atoms with Crippen LogP contribution in [0.4, 0.5) is 0 Å². The van der Waals surface area contributed by atoms with E-state index in [-0.39, 0.29) is 0 Å². The highest BCUT2D eigenvalue weighted by Crippen LogP contribution is 2.02. The molecule has 0 amide bonds. The summed E-state index contributed by atoms with van der Waals surface area (Å²) in [6.07, 6.45) is 8.24. The average molecular weight is 253 g/mol. The summed E-state index contributed by atoms with van der Waals surface area (Å²) in [4.78, 5) is 0. The summed E-state index contributed by atoms with van der Waals surface area (Å²) in [5, 5.41) is 1.69. The molecule has 4 N–H and O–H groups in total. The largest absolute Gasteiger partial charge is 0.401 e. The Bertz CT molecular complexity index is 248. The lowest BCUT2D eigenvalue weighted by Gasteiger charge is -2.14. The minimum Gasteiger partial charge on any atom is -0.401 e. The van der Waals surface area contributed by atoms with Gasteiger partial charge in [-0.2, -0.15) is 0 Å². The molecular weight excluding hydrogens is 222 g/mol. The number of nitrogens with zero attached hydrogens (tertiary/aromatic N) is 1. The van der Waals surface area contributed by atoms with Crippen LogP contribution in [-0.2, 0) is 0 Å². The minimum atomic E-state index is 0.863. The van der Waals surface area contributed by atoms with Gasteiger partial charge >= 0.3 is 0 Å². The van der Waals surface area contributed by atoms with Crippen LogP contribution in [0.1, 0.15) is 66.2 Å². The van der Waals surface area contributed by atoms with Gasteiger partial charge < -0.3 is 10.7 Å². The maximum Gasteiger partial charge on any atom is 0.0342 e. The standard InChI is InChI=1S/C13H25N3.C2H6/c1-3-5-6-7-8-9-11-16(15)12-13(14)10-4-2;1-2/h12H,4,6-11,14-15H2,1-2H3;1-2H3/b13-12-;. The van der Waals surface area contributed by atoms with Crippen molar-refractivity contribution >= 4 is 0 Å². The van der Waals surface area contributed by atoms with E-state index in [1.54, 1.807) is 5.01 Å². The molecule has 0 bridgehead atoms. The number of hydrogen-bond acceptors (Lipinski definition) is 3. The monoisotopic (exact) mass is 253 g/mol. The fourth-order valence-electron chi connectivity index (χ4n) is 1.44. The molecule has 0 aromatic rings. The lowest BCUT2D eigenvalue weighted by molar-refractivity contribution is 0.374. The molecule has 0 saturated carbocycles. The predicted octanol–water partition coefficient (Wildman–Crippen LogP) is 3.37. The molecule has 3 heteroatoms. The molecule has 0 radical (unpaired) electrons. The van der Waals surface area contributed by atoms with Crippen LogP contribution in [0, 0.1) is 11.8 Å². The van der Waals surface area contributed by atoms with Crippen molar-refractivity contribution in [1.82, 2.24) is 5.01 Å². The van der Waals surface area contributed by atoms with Crippen LogP contribution < -0.4 is 11.6 Å². The zero-order valence-corrected chi connectivity index (χ0v) is 12.6. The third-order valence-corrected chi connectivity index (χ3v) is 2.27. The van der Waals surface area contributed by atoms with Gasteiger partial charge in [0.1, 0.15) is 0 Å². The van der Waals surface area contributed by atoms with Crippen LogP contribution >= 0.6 is 0 Å². The fraction of sp³-hybridized carbons (Fsp3) is 0.733. The molecule has 0 spiro atoms. The Labute approximate surface area is 114 Å². The number of hydrogen-bond donors (Lipinski definition) is 2. The van der Waals surface area contributed by atoms with Crippen molar-refractivity contribution in [2.24, 2.45) is 11.6 Å². The van der Waals surface area contributed by atoms with Crippen molar-refractivity contribution < 1.29 is 0 Å². The molecule has 0 fully saturated rings. The van der Waals surface area contributed by atoms with E-state index >= 15 is 0 Å². The van der Waals surface area contributed by atoms with Crippen molar-refractivity contribution in [2.45, 2.75) is 66.2 Å². The van der Waals surface area contributed by atoms with Crippen LogP contribution in [0.15, 0.2) is 11.9 Å². The number of allylic oxidation sites excluding steroid dienone is 1. The summed E-state index contributed by atoms with van der Waals surface area (Å²) in [6.45, 7) is 8.85. The van der Waals surface area contributed by atoms with E-state index in [0.29, 0.717) is 0 Å². The Kier molecular flexibility index (Phi) is 16.9. The van der Waals surface area contributed by atoms with Crippen molar-refractivity contribution in [3.05, 3.63) is 11.9 Å². The third kappa shape index (κ3) is 14.9. The van der Waals surface area contributed by atoms with Gasteiger partial charge in [-0.05, 0) is 26.2 Å². The summed E-state index contributed by atoms with van der Waals surface area (Å²) < 4.78 is 0. The average Bonchev–Trinajstić information content (AvgIpc) is 2.36. The van der Waals surface area contributed by atoms with Crippen LogP contribution in [-0.4, -0.2) is 11.6 Å². The van der Waals surface area contributed by atoms with Gasteiger partial charge in [0.05, 0.1) is 0 Å². The maximum absolute atomic E-state index is 5.79. The first-order valence-corrected chi connectivity index (χ1v) is 7.07. The lowest BCUT2D eigenvalue weighted by Crippen LogP contribution is -2.27. The quantitative estimate of drug-likeness (QED) is 0.302. The van der Waals surface area contributed by atoms with E-state index in [9.17, 15) is 0 Å². The maximum atomic E-state index is 5.79. The summed E-state index contributed by atoms with van der Waals surface area (Å²) in [5.41, 5.74) is 6.64. The van der Waals surface area contributed by atoms with Gasteiger partial charge in [-0.1, -0.05) is 33.6 Å². The molecule has 0 atom stereocenters. The van der Waals surface area contributed by atoms with E-state index in [4.69, 9.17) is 11.6 Å². The van der Waals surface area contributed by atoms with Crippen LogP contribution in [0.2, 0.25) is 0 Å². The second-order valence-electron chi connectivity index (χ2n) is 3.93. The van der Waals surface area contributed by atoms with Gasteiger partial charge in [-0.25, -0.2) is 5.84 Å². The SMILES string of the molecule is CC.CC#CCCCCCN(N)/C=C(\N)CCC. The molecule has 0 aliphatic heterocycles. The summed E-state index contributed by atoms with van der Waals surface area (Å²) >= 11 is 0. The first-order chi connectivity index (χ1) is 8.70. The summed E-state index contributed by atoms with van der Waals surface area (Å²) in [6, 6.07) is 0. The second-order valence-corrected chi connectivity index (χ2v) is 3.93. The molecule has 0 aromatic carbocycles. The highest BCUT2D eigenvalue weighted by molar-refractivity contribution is 4.95. The molecule has 106 valence electrons. The first kappa shape index (κ1) is 19.2. The van der Waals surface area contributed by atoms with E-state index in [2.05, 4.69) is 18.8 Å². The molecular formula is C15H31N3. The van der Waals surface area contributed by atoms with Gasteiger partial charge in [0, 0.05) is 24.9 Å². The minimum absolute atomic E-state index is 0.863. The van der Waals surface area contributed by atoms with Gasteiger partial charge in [-0.3, -0.25) is 0 Å². The Hall–Kier alpha value is -1.14. The summed E-state index contributed by atoms with van der Waals surface area (Å²) in [5.74, 6) is 11.7. The Morgan fingerprint density at radius 2 is 1.89 bits per heavy atom.